The number of oxazole rings is 1. The highest BCUT2D eigenvalue weighted by atomic mass is 16.5. The number of anilines is 1. The van der Waals surface area contributed by atoms with Crippen LogP contribution in [0, 0.1) is 11.3 Å². The highest BCUT2D eigenvalue weighted by Gasteiger charge is 2.20. The standard InChI is InChI=1S/C17H17N3O2/c1-4-10-20(11-5-2)17-14(12-18)19-16(22-17)13-8-6-7-9-15(13)21-3/h4-9H,1-2,10-11H2,3H3. The molecule has 5 nitrogen and oxygen atoms in total. The van der Waals surface area contributed by atoms with E-state index in [1.165, 1.54) is 0 Å². The summed E-state index contributed by atoms with van der Waals surface area (Å²) in [5.41, 5.74) is 0.925. The fraction of sp³-hybridized carbons (Fsp3) is 0.176. The molecule has 0 atom stereocenters. The lowest BCUT2D eigenvalue weighted by atomic mass is 10.2. The van der Waals surface area contributed by atoms with E-state index >= 15 is 0 Å². The number of nitriles is 1. The number of ether oxygens (including phenoxy) is 1. The zero-order valence-corrected chi connectivity index (χ0v) is 12.5. The Morgan fingerprint density at radius 1 is 1.32 bits per heavy atom. The number of nitrogens with zero attached hydrogens (tertiary/aromatic N) is 3. The van der Waals surface area contributed by atoms with Gasteiger partial charge in [-0.2, -0.15) is 10.2 Å². The van der Waals surface area contributed by atoms with Gasteiger partial charge in [-0.1, -0.05) is 24.3 Å². The smallest absolute Gasteiger partial charge is 0.235 e. The summed E-state index contributed by atoms with van der Waals surface area (Å²) in [6, 6.07) is 9.44. The van der Waals surface area contributed by atoms with E-state index < -0.39 is 0 Å². The van der Waals surface area contributed by atoms with Gasteiger partial charge in [0.25, 0.3) is 0 Å². The second-order valence-corrected chi connectivity index (χ2v) is 4.47. The van der Waals surface area contributed by atoms with Gasteiger partial charge in [0.2, 0.25) is 17.5 Å². The first kappa shape index (κ1) is 15.4. The molecule has 5 heteroatoms. The fourth-order valence-corrected chi connectivity index (χ4v) is 2.09. The van der Waals surface area contributed by atoms with Crippen LogP contribution in [0.4, 0.5) is 5.88 Å². The molecule has 22 heavy (non-hydrogen) atoms. The Bertz CT molecular complexity index is 703. The van der Waals surface area contributed by atoms with Crippen LogP contribution in [0.2, 0.25) is 0 Å². The maximum atomic E-state index is 9.31. The van der Waals surface area contributed by atoms with Crippen LogP contribution in [0.1, 0.15) is 5.69 Å². The molecule has 0 aliphatic carbocycles. The van der Waals surface area contributed by atoms with Gasteiger partial charge < -0.3 is 14.1 Å². The Balaban J connectivity index is 2.50. The quantitative estimate of drug-likeness (QED) is 0.733. The van der Waals surface area contributed by atoms with Gasteiger partial charge >= 0.3 is 0 Å². The molecule has 2 aromatic rings. The molecule has 0 fully saturated rings. The molecule has 0 saturated carbocycles. The van der Waals surface area contributed by atoms with Crippen LogP contribution in [0.25, 0.3) is 11.5 Å². The first-order chi connectivity index (χ1) is 10.7. The van der Waals surface area contributed by atoms with E-state index in [9.17, 15) is 5.26 Å². The van der Waals surface area contributed by atoms with Crippen LogP contribution in [0.5, 0.6) is 5.75 Å². The topological polar surface area (TPSA) is 62.3 Å². The van der Waals surface area contributed by atoms with Crippen molar-refractivity contribution in [3.63, 3.8) is 0 Å². The van der Waals surface area contributed by atoms with Crippen molar-refractivity contribution in [2.24, 2.45) is 0 Å². The summed E-state index contributed by atoms with van der Waals surface area (Å²) in [6.45, 7) is 8.49. The third-order valence-corrected chi connectivity index (χ3v) is 3.04. The van der Waals surface area contributed by atoms with Crippen LogP contribution in [0.3, 0.4) is 0 Å². The van der Waals surface area contributed by atoms with Crippen LogP contribution in [-0.4, -0.2) is 25.2 Å². The molecule has 2 rings (SSSR count). The van der Waals surface area contributed by atoms with E-state index in [-0.39, 0.29) is 5.69 Å². The van der Waals surface area contributed by atoms with Gasteiger partial charge in [0, 0.05) is 13.1 Å². The van der Waals surface area contributed by atoms with Crippen LogP contribution in [0.15, 0.2) is 54.0 Å². The van der Waals surface area contributed by atoms with E-state index in [0.717, 1.165) is 0 Å². The highest BCUT2D eigenvalue weighted by Crippen LogP contribution is 2.33. The van der Waals surface area contributed by atoms with E-state index in [0.29, 0.717) is 36.2 Å². The first-order valence-electron chi connectivity index (χ1n) is 6.76. The molecule has 0 spiro atoms. The van der Waals surface area contributed by atoms with Crippen molar-refractivity contribution in [3.8, 4) is 23.3 Å². The van der Waals surface area contributed by atoms with Gasteiger partial charge in [-0.15, -0.1) is 13.2 Å². The third-order valence-electron chi connectivity index (χ3n) is 3.04. The van der Waals surface area contributed by atoms with Crippen LogP contribution in [-0.2, 0) is 0 Å². The lowest BCUT2D eigenvalue weighted by Crippen LogP contribution is -2.23. The molecule has 0 bridgehead atoms. The summed E-state index contributed by atoms with van der Waals surface area (Å²) in [5, 5.41) is 9.31. The molecule has 0 aliphatic heterocycles. The summed E-state index contributed by atoms with van der Waals surface area (Å²) in [6.07, 6.45) is 3.46. The maximum Gasteiger partial charge on any atom is 0.235 e. The number of para-hydroxylation sites is 1. The molecule has 0 saturated heterocycles. The number of methoxy groups -OCH3 is 1. The number of benzene rings is 1. The Hall–Kier alpha value is -3.00. The molecule has 112 valence electrons. The lowest BCUT2D eigenvalue weighted by molar-refractivity contribution is 0.414. The molecule has 0 N–H and O–H groups in total. The zero-order chi connectivity index (χ0) is 15.9. The number of rotatable bonds is 7. The minimum absolute atomic E-state index is 0.226. The molecule has 0 radical (unpaired) electrons. The Morgan fingerprint density at radius 2 is 2.00 bits per heavy atom. The Morgan fingerprint density at radius 3 is 2.59 bits per heavy atom. The molecular formula is C17H17N3O2. The molecule has 0 aliphatic rings. The van der Waals surface area contributed by atoms with Gasteiger partial charge in [-0.3, -0.25) is 0 Å². The van der Waals surface area contributed by atoms with Gasteiger partial charge in [-0.05, 0) is 12.1 Å². The van der Waals surface area contributed by atoms with Gasteiger partial charge in [-0.25, -0.2) is 0 Å². The summed E-state index contributed by atoms with van der Waals surface area (Å²) in [5.74, 6) is 1.39. The van der Waals surface area contributed by atoms with Crippen LogP contribution < -0.4 is 9.64 Å². The first-order valence-corrected chi connectivity index (χ1v) is 6.76. The minimum atomic E-state index is 0.226. The zero-order valence-electron chi connectivity index (χ0n) is 12.5. The monoisotopic (exact) mass is 295 g/mol. The number of hydrogen-bond donors (Lipinski definition) is 0. The number of hydrogen-bond acceptors (Lipinski definition) is 5. The second-order valence-electron chi connectivity index (χ2n) is 4.47. The van der Waals surface area contributed by atoms with Crippen LogP contribution >= 0.6 is 0 Å². The predicted molar refractivity (Wildman–Crippen MR) is 85.8 cm³/mol. The van der Waals surface area contributed by atoms with E-state index in [2.05, 4.69) is 24.2 Å². The largest absolute Gasteiger partial charge is 0.496 e. The van der Waals surface area contributed by atoms with Crippen molar-refractivity contribution >= 4 is 5.88 Å². The maximum absolute atomic E-state index is 9.31. The molecule has 1 aromatic heterocycles. The van der Waals surface area contributed by atoms with E-state index in [1.807, 2.05) is 29.2 Å². The molecule has 0 unspecified atom stereocenters. The highest BCUT2D eigenvalue weighted by molar-refractivity contribution is 5.66. The van der Waals surface area contributed by atoms with Crippen molar-refractivity contribution in [1.82, 2.24) is 4.98 Å². The summed E-state index contributed by atoms with van der Waals surface area (Å²) in [4.78, 5) is 6.11. The molecule has 1 heterocycles. The normalized spacial score (nSPS) is 9.82. The van der Waals surface area contributed by atoms with Crippen molar-refractivity contribution in [2.75, 3.05) is 25.1 Å². The van der Waals surface area contributed by atoms with Crippen molar-refractivity contribution in [1.29, 1.82) is 5.26 Å². The third kappa shape index (κ3) is 3.01. The summed E-state index contributed by atoms with van der Waals surface area (Å²) >= 11 is 0. The Kier molecular flexibility index (Phi) is 4.99. The summed E-state index contributed by atoms with van der Waals surface area (Å²) in [7, 11) is 1.58. The van der Waals surface area contributed by atoms with E-state index in [1.54, 1.807) is 19.3 Å². The van der Waals surface area contributed by atoms with Gasteiger partial charge in [0.05, 0.1) is 12.7 Å². The second kappa shape index (κ2) is 7.14. The molecule has 1 aromatic carbocycles. The molecular weight excluding hydrogens is 278 g/mol. The summed E-state index contributed by atoms with van der Waals surface area (Å²) < 4.78 is 11.1. The minimum Gasteiger partial charge on any atom is -0.496 e. The van der Waals surface area contributed by atoms with Crippen molar-refractivity contribution in [3.05, 3.63) is 55.3 Å². The Labute approximate surface area is 129 Å². The van der Waals surface area contributed by atoms with E-state index in [4.69, 9.17) is 9.15 Å². The van der Waals surface area contributed by atoms with Gasteiger partial charge in [0.1, 0.15) is 11.8 Å². The molecule has 0 amide bonds. The average molecular weight is 295 g/mol. The lowest BCUT2D eigenvalue weighted by Gasteiger charge is -2.17. The number of aromatic nitrogens is 1. The SMILES string of the molecule is C=CCN(CC=C)c1oc(-c2ccccc2OC)nc1C#N. The van der Waals surface area contributed by atoms with Crippen molar-refractivity contribution < 1.29 is 9.15 Å². The average Bonchev–Trinajstić information content (AvgIpc) is 2.98. The fourth-order valence-electron chi connectivity index (χ4n) is 2.09. The van der Waals surface area contributed by atoms with Gasteiger partial charge in [0.15, 0.2) is 0 Å². The van der Waals surface area contributed by atoms with Crippen molar-refractivity contribution in [2.45, 2.75) is 0 Å². The predicted octanol–water partition coefficient (Wildman–Crippen LogP) is 3.40.